The van der Waals surface area contributed by atoms with Gasteiger partial charge in [0.25, 0.3) is 0 Å². The molecule has 1 saturated carbocycles. The van der Waals surface area contributed by atoms with E-state index in [1.807, 2.05) is 4.90 Å². The summed E-state index contributed by atoms with van der Waals surface area (Å²) in [4.78, 5) is 14.6. The fourth-order valence-electron chi connectivity index (χ4n) is 4.15. The first-order valence-electron chi connectivity index (χ1n) is 7.82. The monoisotopic (exact) mass is 266 g/mol. The summed E-state index contributed by atoms with van der Waals surface area (Å²) in [6.45, 7) is 5.46. The molecule has 2 saturated heterocycles. The van der Waals surface area contributed by atoms with Gasteiger partial charge < -0.3 is 15.3 Å². The van der Waals surface area contributed by atoms with Gasteiger partial charge in [0.05, 0.1) is 11.5 Å². The fraction of sp³-hybridized carbons (Fsp3) is 0.933. The zero-order valence-electron chi connectivity index (χ0n) is 11.9. The van der Waals surface area contributed by atoms with Crippen molar-refractivity contribution >= 4 is 5.91 Å². The zero-order chi connectivity index (χ0) is 13.5. The maximum Gasteiger partial charge on any atom is 0.227 e. The first kappa shape index (κ1) is 13.4. The molecule has 108 valence electrons. The second kappa shape index (κ2) is 5.06. The van der Waals surface area contributed by atoms with E-state index in [1.54, 1.807) is 0 Å². The summed E-state index contributed by atoms with van der Waals surface area (Å²) >= 11 is 0. The van der Waals surface area contributed by atoms with E-state index in [1.165, 1.54) is 6.42 Å². The molecule has 0 bridgehead atoms. The van der Waals surface area contributed by atoms with Gasteiger partial charge in [-0.15, -0.1) is 0 Å². The van der Waals surface area contributed by atoms with Crippen LogP contribution in [0, 0.1) is 17.8 Å². The van der Waals surface area contributed by atoms with Gasteiger partial charge in [-0.3, -0.25) is 4.79 Å². The van der Waals surface area contributed by atoms with E-state index in [0.29, 0.717) is 17.7 Å². The topological polar surface area (TPSA) is 52.6 Å². The van der Waals surface area contributed by atoms with Crippen LogP contribution in [-0.2, 0) is 4.79 Å². The number of nitrogens with one attached hydrogen (secondary N) is 1. The van der Waals surface area contributed by atoms with Gasteiger partial charge in [0.15, 0.2) is 0 Å². The Morgan fingerprint density at radius 1 is 1.32 bits per heavy atom. The minimum atomic E-state index is -0.478. The Morgan fingerprint density at radius 3 is 2.89 bits per heavy atom. The van der Waals surface area contributed by atoms with E-state index in [-0.39, 0.29) is 5.92 Å². The van der Waals surface area contributed by atoms with E-state index in [9.17, 15) is 9.90 Å². The van der Waals surface area contributed by atoms with Gasteiger partial charge in [-0.2, -0.15) is 0 Å². The number of amides is 1. The van der Waals surface area contributed by atoms with E-state index < -0.39 is 5.60 Å². The standard InChI is InChI=1S/C15H26N2O2/c1-11-8-16-9-13(11)14(18)17-7-6-15(19)5-3-2-4-12(15)10-17/h11-13,16,19H,2-10H2,1H3. The van der Waals surface area contributed by atoms with Crippen molar-refractivity contribution in [2.45, 2.75) is 44.6 Å². The third kappa shape index (κ3) is 2.40. The Labute approximate surface area is 115 Å². The molecular formula is C15H26N2O2. The summed E-state index contributed by atoms with van der Waals surface area (Å²) in [6.07, 6.45) is 5.14. The van der Waals surface area contributed by atoms with Crippen molar-refractivity contribution in [1.29, 1.82) is 0 Å². The van der Waals surface area contributed by atoms with Crippen LogP contribution in [-0.4, -0.2) is 47.7 Å². The number of hydrogen-bond donors (Lipinski definition) is 2. The van der Waals surface area contributed by atoms with E-state index in [2.05, 4.69) is 12.2 Å². The molecule has 4 unspecified atom stereocenters. The number of fused-ring (bicyclic) bond motifs is 1. The van der Waals surface area contributed by atoms with Gasteiger partial charge in [-0.05, 0) is 31.7 Å². The van der Waals surface area contributed by atoms with E-state index in [4.69, 9.17) is 0 Å². The van der Waals surface area contributed by atoms with Gasteiger partial charge >= 0.3 is 0 Å². The molecule has 3 fully saturated rings. The van der Waals surface area contributed by atoms with E-state index >= 15 is 0 Å². The van der Waals surface area contributed by atoms with Crippen molar-refractivity contribution in [3.8, 4) is 0 Å². The second-order valence-electron chi connectivity index (χ2n) is 6.82. The lowest BCUT2D eigenvalue weighted by molar-refractivity contribution is -0.147. The molecule has 0 spiro atoms. The molecule has 19 heavy (non-hydrogen) atoms. The lowest BCUT2D eigenvalue weighted by Crippen LogP contribution is -2.56. The van der Waals surface area contributed by atoms with Gasteiger partial charge in [0, 0.05) is 25.6 Å². The number of piperidine rings is 1. The summed E-state index contributed by atoms with van der Waals surface area (Å²) in [7, 11) is 0. The molecule has 4 heteroatoms. The normalized spacial score (nSPS) is 43.1. The van der Waals surface area contributed by atoms with Crippen LogP contribution >= 0.6 is 0 Å². The van der Waals surface area contributed by atoms with Crippen LogP contribution in [0.15, 0.2) is 0 Å². The number of carbonyl (C=O) groups is 1. The Bertz CT molecular complexity index is 360. The Hall–Kier alpha value is -0.610. The minimum Gasteiger partial charge on any atom is -0.389 e. The highest BCUT2D eigenvalue weighted by Gasteiger charge is 2.45. The summed E-state index contributed by atoms with van der Waals surface area (Å²) in [5.41, 5.74) is -0.478. The largest absolute Gasteiger partial charge is 0.389 e. The van der Waals surface area contributed by atoms with Crippen molar-refractivity contribution in [2.75, 3.05) is 26.2 Å². The van der Waals surface area contributed by atoms with Crippen molar-refractivity contribution < 1.29 is 9.90 Å². The first-order chi connectivity index (χ1) is 9.10. The number of aliphatic hydroxyl groups is 1. The third-order valence-electron chi connectivity index (χ3n) is 5.57. The Kier molecular flexibility index (Phi) is 3.56. The van der Waals surface area contributed by atoms with Crippen molar-refractivity contribution in [3.05, 3.63) is 0 Å². The van der Waals surface area contributed by atoms with Crippen LogP contribution in [0.1, 0.15) is 39.0 Å². The lowest BCUT2D eigenvalue weighted by Gasteiger charge is -2.48. The molecule has 2 N–H and O–H groups in total. The van der Waals surface area contributed by atoms with Crippen LogP contribution in [0.25, 0.3) is 0 Å². The van der Waals surface area contributed by atoms with Gasteiger partial charge in [0.1, 0.15) is 0 Å². The summed E-state index contributed by atoms with van der Waals surface area (Å²) < 4.78 is 0. The van der Waals surface area contributed by atoms with Gasteiger partial charge in [0.2, 0.25) is 5.91 Å². The maximum atomic E-state index is 12.6. The number of hydrogen-bond acceptors (Lipinski definition) is 3. The molecule has 1 amide bonds. The molecule has 4 nitrogen and oxygen atoms in total. The molecule has 3 aliphatic rings. The zero-order valence-corrected chi connectivity index (χ0v) is 11.9. The van der Waals surface area contributed by atoms with Crippen LogP contribution in [0.4, 0.5) is 0 Å². The molecule has 2 heterocycles. The summed E-state index contributed by atoms with van der Waals surface area (Å²) in [5.74, 6) is 1.21. The predicted octanol–water partition coefficient (Wildman–Crippen LogP) is 0.995. The molecule has 0 aromatic heterocycles. The summed E-state index contributed by atoms with van der Waals surface area (Å²) in [5, 5.41) is 14.0. The first-order valence-corrected chi connectivity index (χ1v) is 7.82. The van der Waals surface area contributed by atoms with E-state index in [0.717, 1.165) is 51.9 Å². The number of carbonyl (C=O) groups excluding carboxylic acids is 1. The van der Waals surface area contributed by atoms with Crippen LogP contribution < -0.4 is 5.32 Å². The highest BCUT2D eigenvalue weighted by molar-refractivity contribution is 5.80. The van der Waals surface area contributed by atoms with Crippen molar-refractivity contribution in [3.63, 3.8) is 0 Å². The maximum absolute atomic E-state index is 12.6. The fourth-order valence-corrected chi connectivity index (χ4v) is 4.15. The van der Waals surface area contributed by atoms with Crippen molar-refractivity contribution in [2.24, 2.45) is 17.8 Å². The number of likely N-dealkylation sites (tertiary alicyclic amines) is 1. The molecular weight excluding hydrogens is 240 g/mol. The van der Waals surface area contributed by atoms with Gasteiger partial charge in [-0.1, -0.05) is 19.8 Å². The average Bonchev–Trinajstić information content (AvgIpc) is 2.83. The highest BCUT2D eigenvalue weighted by atomic mass is 16.3. The van der Waals surface area contributed by atoms with Crippen molar-refractivity contribution in [1.82, 2.24) is 10.2 Å². The third-order valence-corrected chi connectivity index (χ3v) is 5.57. The van der Waals surface area contributed by atoms with Crippen LogP contribution in [0.2, 0.25) is 0 Å². The second-order valence-corrected chi connectivity index (χ2v) is 6.82. The molecule has 4 atom stereocenters. The Morgan fingerprint density at radius 2 is 2.16 bits per heavy atom. The Balaban J connectivity index is 1.65. The average molecular weight is 266 g/mol. The molecule has 1 aliphatic carbocycles. The molecule has 0 radical (unpaired) electrons. The smallest absolute Gasteiger partial charge is 0.227 e. The minimum absolute atomic E-state index is 0.148. The lowest BCUT2D eigenvalue weighted by atomic mass is 9.71. The molecule has 2 aliphatic heterocycles. The van der Waals surface area contributed by atoms with Crippen LogP contribution in [0.5, 0.6) is 0 Å². The van der Waals surface area contributed by atoms with Crippen LogP contribution in [0.3, 0.4) is 0 Å². The molecule has 0 aromatic carbocycles. The number of rotatable bonds is 1. The molecule has 3 rings (SSSR count). The molecule has 0 aromatic rings. The summed E-state index contributed by atoms with van der Waals surface area (Å²) in [6, 6.07) is 0. The highest BCUT2D eigenvalue weighted by Crippen LogP contribution is 2.40. The predicted molar refractivity (Wildman–Crippen MR) is 73.6 cm³/mol. The van der Waals surface area contributed by atoms with Gasteiger partial charge in [-0.25, -0.2) is 0 Å². The number of nitrogens with zero attached hydrogens (tertiary/aromatic N) is 1. The SMILES string of the molecule is CC1CNCC1C(=O)N1CCC2(O)CCCCC2C1. The quantitative estimate of drug-likeness (QED) is 0.744.